The third-order valence-electron chi connectivity index (χ3n) is 11.5. The van der Waals surface area contributed by atoms with Gasteiger partial charge < -0.3 is 28.8 Å². The van der Waals surface area contributed by atoms with Gasteiger partial charge in [-0.15, -0.1) is 0 Å². The summed E-state index contributed by atoms with van der Waals surface area (Å²) in [5.74, 6) is -0.216. The maximum atomic E-state index is 12.9. The van der Waals surface area contributed by atoms with Crippen LogP contribution in [-0.2, 0) is 18.4 Å². The largest absolute Gasteiger partial charge is 0.756 e. The molecule has 8 nitrogen and oxygen atoms in total. The smallest absolute Gasteiger partial charge is 0.268 e. The third-order valence-corrected chi connectivity index (χ3v) is 12.5. The minimum atomic E-state index is -4.61. The van der Waals surface area contributed by atoms with Gasteiger partial charge in [0.05, 0.1) is 39.9 Å². The van der Waals surface area contributed by atoms with Crippen LogP contribution in [0.2, 0.25) is 0 Å². The highest BCUT2D eigenvalue weighted by Crippen LogP contribution is 2.38. The topological polar surface area (TPSA) is 108 Å². The molecule has 0 fully saturated rings. The van der Waals surface area contributed by atoms with E-state index in [1.54, 1.807) is 6.08 Å². The maximum Gasteiger partial charge on any atom is 0.268 e. The number of carbonyl (C=O) groups excluding carboxylic acids is 1. The standard InChI is InChI=1S/C58H103N2O6P/c1-6-8-10-12-14-16-18-20-22-24-25-26-27-28-29-30-31-32-33-34-35-36-38-40-42-44-46-48-50-52-58(62)59-56(55-66-67(63,64)65-54-53-60(3,4)5)57(61)51-49-47-45-43-41-39-37-23-21-19-17-15-13-11-9-7-2/h8,10,14,16,20,22,25-26,28-29,31-32,41,43,49,51,56-57,61H,6-7,9,11-13,15,17-19,21,23-24,27,30,33-40,42,44-48,50,52-55H2,1-5H3,(H-,59,62,63,64)/b10-8-,16-14-,22-20-,26-25-,29-28-,32-31-,43-41+,51-49+. The van der Waals surface area contributed by atoms with Gasteiger partial charge in [-0.1, -0.05) is 220 Å². The molecular weight excluding hydrogens is 852 g/mol. The second-order valence-corrected chi connectivity index (χ2v) is 20.6. The lowest BCUT2D eigenvalue weighted by Crippen LogP contribution is -2.45. The summed E-state index contributed by atoms with van der Waals surface area (Å²) in [4.78, 5) is 25.4. The Hall–Kier alpha value is -2.58. The number of phosphoric ester groups is 1. The van der Waals surface area contributed by atoms with E-state index < -0.39 is 26.6 Å². The molecule has 0 radical (unpaired) electrons. The van der Waals surface area contributed by atoms with Crippen LogP contribution in [0, 0.1) is 0 Å². The molecular formula is C58H103N2O6P. The number of allylic oxidation sites excluding steroid dienone is 15. The number of carbonyl (C=O) groups is 1. The minimum absolute atomic E-state index is 0.0117. The number of aliphatic hydroxyl groups excluding tert-OH is 1. The fourth-order valence-electron chi connectivity index (χ4n) is 7.29. The SMILES string of the molecule is CC/C=C\C/C=C\C/C=C\C/C=C\C/C=C\C/C=C\CCCCCCCCCCCCC(=O)NC(COP(=O)([O-])OCC[N+](C)(C)C)C(O)/C=C/CC/C=C/CCCCCCCCCCCC. The third kappa shape index (κ3) is 51.1. The van der Waals surface area contributed by atoms with Crippen LogP contribution in [-0.4, -0.2) is 68.5 Å². The minimum Gasteiger partial charge on any atom is -0.756 e. The number of aliphatic hydroxyl groups is 1. The zero-order valence-corrected chi connectivity index (χ0v) is 44.7. The number of rotatable bonds is 48. The number of hydrogen-bond donors (Lipinski definition) is 2. The molecule has 0 aromatic carbocycles. The van der Waals surface area contributed by atoms with Crippen molar-refractivity contribution in [3.05, 3.63) is 97.2 Å². The first kappa shape index (κ1) is 64.4. The molecule has 0 spiro atoms. The average Bonchev–Trinajstić information content (AvgIpc) is 3.29. The number of quaternary nitrogens is 1. The molecule has 9 heteroatoms. The molecule has 2 N–H and O–H groups in total. The fraction of sp³-hybridized carbons (Fsp3) is 0.707. The number of hydrogen-bond acceptors (Lipinski definition) is 6. The summed E-state index contributed by atoms with van der Waals surface area (Å²) in [5.41, 5.74) is 0. The van der Waals surface area contributed by atoms with Gasteiger partial charge in [-0.3, -0.25) is 9.36 Å². The van der Waals surface area contributed by atoms with Crippen molar-refractivity contribution in [2.24, 2.45) is 0 Å². The Morgan fingerprint density at radius 2 is 0.925 bits per heavy atom. The Morgan fingerprint density at radius 1 is 0.537 bits per heavy atom. The summed E-state index contributed by atoms with van der Waals surface area (Å²) in [6, 6.07) is -0.912. The van der Waals surface area contributed by atoms with Crippen molar-refractivity contribution < 1.29 is 32.9 Å². The highest BCUT2D eigenvalue weighted by atomic mass is 31.2. The predicted octanol–water partition coefficient (Wildman–Crippen LogP) is 15.6. The first-order valence-electron chi connectivity index (χ1n) is 27.1. The Balaban J connectivity index is 4.27. The highest BCUT2D eigenvalue weighted by Gasteiger charge is 2.23. The van der Waals surface area contributed by atoms with Crippen molar-refractivity contribution >= 4 is 13.7 Å². The number of nitrogens with one attached hydrogen (secondary N) is 1. The second kappa shape index (κ2) is 48.4. The van der Waals surface area contributed by atoms with Crippen LogP contribution >= 0.6 is 7.82 Å². The molecule has 0 aliphatic heterocycles. The first-order valence-corrected chi connectivity index (χ1v) is 28.6. The van der Waals surface area contributed by atoms with E-state index in [0.29, 0.717) is 17.4 Å². The Labute approximate surface area is 413 Å². The summed E-state index contributed by atoms with van der Waals surface area (Å²) in [5, 5.41) is 13.8. The first-order chi connectivity index (χ1) is 32.5. The number of likely N-dealkylation sites (N-methyl/N-ethyl adjacent to an activating group) is 1. The Morgan fingerprint density at radius 3 is 1.39 bits per heavy atom. The van der Waals surface area contributed by atoms with Gasteiger partial charge in [0.25, 0.3) is 7.82 Å². The van der Waals surface area contributed by atoms with E-state index in [0.717, 1.165) is 83.5 Å². The summed E-state index contributed by atoms with van der Waals surface area (Å²) in [6.45, 7) is 4.50. The maximum absolute atomic E-state index is 12.9. The molecule has 67 heavy (non-hydrogen) atoms. The van der Waals surface area contributed by atoms with Gasteiger partial charge in [0.2, 0.25) is 5.91 Å². The van der Waals surface area contributed by atoms with Crippen LogP contribution in [0.4, 0.5) is 0 Å². The van der Waals surface area contributed by atoms with Gasteiger partial charge in [0.15, 0.2) is 0 Å². The summed E-state index contributed by atoms with van der Waals surface area (Å²) < 4.78 is 23.3. The van der Waals surface area contributed by atoms with Crippen molar-refractivity contribution in [3.63, 3.8) is 0 Å². The zero-order chi connectivity index (χ0) is 49.2. The molecule has 3 atom stereocenters. The monoisotopic (exact) mass is 955 g/mol. The van der Waals surface area contributed by atoms with Crippen molar-refractivity contribution in [3.8, 4) is 0 Å². The number of phosphoric acid groups is 1. The molecule has 386 valence electrons. The second-order valence-electron chi connectivity index (χ2n) is 19.2. The molecule has 1 amide bonds. The highest BCUT2D eigenvalue weighted by molar-refractivity contribution is 7.45. The lowest BCUT2D eigenvalue weighted by molar-refractivity contribution is -0.870. The lowest BCUT2D eigenvalue weighted by atomic mass is 10.0. The lowest BCUT2D eigenvalue weighted by Gasteiger charge is -2.29. The quantitative estimate of drug-likeness (QED) is 0.0272. The summed E-state index contributed by atoms with van der Waals surface area (Å²) >= 11 is 0. The summed E-state index contributed by atoms with van der Waals surface area (Å²) in [7, 11) is 1.23. The average molecular weight is 955 g/mol. The summed E-state index contributed by atoms with van der Waals surface area (Å²) in [6.07, 6.45) is 69.0. The zero-order valence-electron chi connectivity index (χ0n) is 43.8. The molecule has 0 aromatic rings. The van der Waals surface area contributed by atoms with E-state index >= 15 is 0 Å². The normalized spacial score (nSPS) is 14.8. The van der Waals surface area contributed by atoms with Crippen LogP contribution in [0.25, 0.3) is 0 Å². The predicted molar refractivity (Wildman–Crippen MR) is 288 cm³/mol. The van der Waals surface area contributed by atoms with Crippen LogP contribution in [0.15, 0.2) is 97.2 Å². The van der Waals surface area contributed by atoms with Gasteiger partial charge in [-0.2, -0.15) is 0 Å². The number of unbranched alkanes of at least 4 members (excludes halogenated alkanes) is 21. The Kier molecular flexibility index (Phi) is 46.6. The van der Waals surface area contributed by atoms with Gasteiger partial charge >= 0.3 is 0 Å². The molecule has 0 saturated heterocycles. The van der Waals surface area contributed by atoms with E-state index in [4.69, 9.17) is 9.05 Å². The van der Waals surface area contributed by atoms with Crippen LogP contribution in [0.1, 0.15) is 213 Å². The van der Waals surface area contributed by atoms with Crippen LogP contribution < -0.4 is 10.2 Å². The van der Waals surface area contributed by atoms with E-state index in [1.165, 1.54) is 109 Å². The molecule has 0 rings (SSSR count). The van der Waals surface area contributed by atoms with E-state index in [9.17, 15) is 19.4 Å². The van der Waals surface area contributed by atoms with Crippen molar-refractivity contribution in [2.45, 2.75) is 225 Å². The van der Waals surface area contributed by atoms with E-state index in [1.807, 2.05) is 27.2 Å². The Bertz CT molecular complexity index is 1410. The molecule has 0 heterocycles. The van der Waals surface area contributed by atoms with Crippen molar-refractivity contribution in [1.82, 2.24) is 5.32 Å². The van der Waals surface area contributed by atoms with Gasteiger partial charge in [0, 0.05) is 6.42 Å². The molecule has 0 aromatic heterocycles. The molecule has 0 bridgehead atoms. The molecule has 0 aliphatic carbocycles. The van der Waals surface area contributed by atoms with Crippen LogP contribution in [0.5, 0.6) is 0 Å². The van der Waals surface area contributed by atoms with Gasteiger partial charge in [0.1, 0.15) is 13.2 Å². The van der Waals surface area contributed by atoms with Crippen molar-refractivity contribution in [2.75, 3.05) is 40.9 Å². The molecule has 3 unspecified atom stereocenters. The fourth-order valence-corrected chi connectivity index (χ4v) is 8.01. The molecule has 0 aliphatic rings. The van der Waals surface area contributed by atoms with Gasteiger partial charge in [-0.05, 0) is 83.5 Å². The van der Waals surface area contributed by atoms with Gasteiger partial charge in [-0.25, -0.2) is 0 Å². The van der Waals surface area contributed by atoms with Crippen LogP contribution in [0.3, 0.4) is 0 Å². The van der Waals surface area contributed by atoms with Crippen molar-refractivity contribution in [1.29, 1.82) is 0 Å². The number of nitrogens with zero attached hydrogens (tertiary/aromatic N) is 1. The molecule has 0 saturated carbocycles. The number of amides is 1. The van der Waals surface area contributed by atoms with E-state index in [-0.39, 0.29) is 12.5 Å². The van der Waals surface area contributed by atoms with E-state index in [2.05, 4.69) is 104 Å².